The fraction of sp³-hybridized carbons (Fsp3) is 0.875. The summed E-state index contributed by atoms with van der Waals surface area (Å²) in [7, 11) is -3.12. The highest BCUT2D eigenvalue weighted by atomic mass is 32.2. The van der Waals surface area contributed by atoms with Crippen LogP contribution >= 0.6 is 0 Å². The van der Waals surface area contributed by atoms with Crippen molar-refractivity contribution >= 4 is 10.0 Å². The van der Waals surface area contributed by atoms with Gasteiger partial charge in [0.25, 0.3) is 0 Å². The highest BCUT2D eigenvalue weighted by molar-refractivity contribution is 7.89. The first kappa shape index (κ1) is 18.8. The molecule has 0 spiro atoms. The average Bonchev–Trinajstić information content (AvgIpc) is 2.99. The minimum Gasteiger partial charge on any atom is -0.381 e. The van der Waals surface area contributed by atoms with Crippen LogP contribution in [0.2, 0.25) is 0 Å². The lowest BCUT2D eigenvalue weighted by Crippen LogP contribution is -2.49. The van der Waals surface area contributed by atoms with E-state index in [0.29, 0.717) is 50.2 Å². The monoisotopic (exact) mass is 373 g/mol. The van der Waals surface area contributed by atoms with Crippen LogP contribution < -0.4 is 0 Å². The third-order valence-corrected chi connectivity index (χ3v) is 6.71. The zero-order valence-electron chi connectivity index (χ0n) is 14.7. The molecule has 0 aromatic carbocycles. The van der Waals surface area contributed by atoms with E-state index in [2.05, 4.69) is 10.1 Å². The molecule has 2 fully saturated rings. The molecule has 0 aliphatic carbocycles. The van der Waals surface area contributed by atoms with E-state index >= 15 is 0 Å². The van der Waals surface area contributed by atoms with Crippen molar-refractivity contribution in [1.29, 1.82) is 0 Å². The van der Waals surface area contributed by atoms with Crippen molar-refractivity contribution in [3.05, 3.63) is 11.7 Å². The molecule has 8 nitrogen and oxygen atoms in total. The van der Waals surface area contributed by atoms with Crippen molar-refractivity contribution in [2.24, 2.45) is 5.92 Å². The first-order chi connectivity index (χ1) is 12.1. The quantitative estimate of drug-likeness (QED) is 0.600. The molecule has 0 saturated carbocycles. The zero-order chi connectivity index (χ0) is 17.7. The van der Waals surface area contributed by atoms with E-state index in [4.69, 9.17) is 14.0 Å². The van der Waals surface area contributed by atoms with Gasteiger partial charge in [-0.1, -0.05) is 12.1 Å². The summed E-state index contributed by atoms with van der Waals surface area (Å²) in [5, 5.41) is 3.97. The third-order valence-electron chi connectivity index (χ3n) is 4.70. The summed E-state index contributed by atoms with van der Waals surface area (Å²) >= 11 is 0. The number of hydrogen-bond donors (Lipinski definition) is 0. The molecule has 3 heterocycles. The molecule has 2 saturated heterocycles. The second-order valence-electron chi connectivity index (χ2n) is 6.76. The van der Waals surface area contributed by atoms with Crippen LogP contribution in [-0.4, -0.2) is 68.1 Å². The fourth-order valence-corrected chi connectivity index (χ4v) is 4.66. The molecule has 0 N–H and O–H groups in total. The smallest absolute Gasteiger partial charge is 0.232 e. The molecule has 142 valence electrons. The van der Waals surface area contributed by atoms with Gasteiger partial charge in [0, 0.05) is 39.3 Å². The number of rotatable bonds is 9. The molecule has 3 rings (SSSR count). The van der Waals surface area contributed by atoms with Crippen LogP contribution in [0.4, 0.5) is 0 Å². The van der Waals surface area contributed by atoms with Crippen molar-refractivity contribution in [3.63, 3.8) is 0 Å². The van der Waals surface area contributed by atoms with Crippen molar-refractivity contribution in [2.75, 3.05) is 45.3 Å². The summed E-state index contributed by atoms with van der Waals surface area (Å²) in [5.74, 6) is 1.94. The summed E-state index contributed by atoms with van der Waals surface area (Å²) in [6.45, 7) is 5.71. The third kappa shape index (κ3) is 4.99. The van der Waals surface area contributed by atoms with Crippen LogP contribution in [0.3, 0.4) is 0 Å². The van der Waals surface area contributed by atoms with Crippen LogP contribution in [-0.2, 0) is 25.9 Å². The lowest BCUT2D eigenvalue weighted by Gasteiger charge is -2.35. The van der Waals surface area contributed by atoms with Crippen LogP contribution in [0, 0.1) is 5.92 Å². The van der Waals surface area contributed by atoms with Gasteiger partial charge in [-0.05, 0) is 25.2 Å². The standard InChI is InChI=1S/C16H27N3O5S/c1-2-9-25(20,21)19-10-14(11-19)16-17-15(18-24-16)5-8-23-12-13-3-6-22-7-4-13/h13-14H,2-12H2,1H3. The second kappa shape index (κ2) is 8.57. The molecule has 25 heavy (non-hydrogen) atoms. The van der Waals surface area contributed by atoms with Crippen molar-refractivity contribution < 1.29 is 22.4 Å². The first-order valence-corrected chi connectivity index (χ1v) is 10.6. The molecular weight excluding hydrogens is 346 g/mol. The minimum atomic E-state index is -3.12. The van der Waals surface area contributed by atoms with Gasteiger partial charge in [0.2, 0.25) is 15.9 Å². The fourth-order valence-electron chi connectivity index (χ4n) is 3.07. The molecule has 9 heteroatoms. The zero-order valence-corrected chi connectivity index (χ0v) is 15.5. The molecular formula is C16H27N3O5S. The van der Waals surface area contributed by atoms with E-state index < -0.39 is 10.0 Å². The Hall–Kier alpha value is -1.03. The number of aromatic nitrogens is 2. The average molecular weight is 373 g/mol. The Morgan fingerprint density at radius 1 is 1.28 bits per heavy atom. The predicted octanol–water partition coefficient (Wildman–Crippen LogP) is 1.19. The second-order valence-corrected chi connectivity index (χ2v) is 8.85. The van der Waals surface area contributed by atoms with Gasteiger partial charge < -0.3 is 14.0 Å². The summed E-state index contributed by atoms with van der Waals surface area (Å²) in [6, 6.07) is 0. The Balaban J connectivity index is 1.37. The molecule has 2 aliphatic heterocycles. The predicted molar refractivity (Wildman–Crippen MR) is 90.8 cm³/mol. The molecule has 2 aliphatic rings. The molecule has 0 radical (unpaired) electrons. The van der Waals surface area contributed by atoms with E-state index in [1.807, 2.05) is 6.92 Å². The maximum absolute atomic E-state index is 11.9. The van der Waals surface area contributed by atoms with Gasteiger partial charge in [0.1, 0.15) is 0 Å². The Morgan fingerprint density at radius 3 is 2.76 bits per heavy atom. The van der Waals surface area contributed by atoms with Gasteiger partial charge in [-0.2, -0.15) is 4.98 Å². The summed E-state index contributed by atoms with van der Waals surface area (Å²) in [5.41, 5.74) is 0. The van der Waals surface area contributed by atoms with Crippen LogP contribution in [0.5, 0.6) is 0 Å². The van der Waals surface area contributed by atoms with E-state index in [-0.39, 0.29) is 11.7 Å². The Morgan fingerprint density at radius 2 is 2.04 bits per heavy atom. The number of sulfonamides is 1. The Labute approximate surface area is 148 Å². The van der Waals surface area contributed by atoms with E-state index in [1.165, 1.54) is 4.31 Å². The number of hydrogen-bond acceptors (Lipinski definition) is 7. The van der Waals surface area contributed by atoms with Crippen LogP contribution in [0.1, 0.15) is 43.8 Å². The molecule has 1 aromatic heterocycles. The lowest BCUT2D eigenvalue weighted by atomic mass is 10.0. The number of ether oxygens (including phenoxy) is 2. The summed E-state index contributed by atoms with van der Waals surface area (Å²) in [6.07, 6.45) is 3.36. The summed E-state index contributed by atoms with van der Waals surface area (Å²) in [4.78, 5) is 4.38. The molecule has 0 bridgehead atoms. The summed E-state index contributed by atoms with van der Waals surface area (Å²) < 4.78 is 41.7. The van der Waals surface area contributed by atoms with Crippen molar-refractivity contribution in [2.45, 2.75) is 38.5 Å². The van der Waals surface area contributed by atoms with Gasteiger partial charge in [-0.3, -0.25) is 0 Å². The van der Waals surface area contributed by atoms with Crippen molar-refractivity contribution in [1.82, 2.24) is 14.4 Å². The van der Waals surface area contributed by atoms with Gasteiger partial charge in [0.05, 0.1) is 18.3 Å². The Kier molecular flexibility index (Phi) is 6.43. The van der Waals surface area contributed by atoms with E-state index in [1.54, 1.807) is 0 Å². The first-order valence-electron chi connectivity index (χ1n) is 9.04. The normalized spacial score (nSPS) is 20.7. The van der Waals surface area contributed by atoms with Gasteiger partial charge in [0.15, 0.2) is 5.82 Å². The molecule has 0 atom stereocenters. The van der Waals surface area contributed by atoms with Gasteiger partial charge >= 0.3 is 0 Å². The SMILES string of the molecule is CCCS(=O)(=O)N1CC(c2nc(CCOCC3CCOCC3)no2)C1. The van der Waals surface area contributed by atoms with E-state index in [9.17, 15) is 8.42 Å². The highest BCUT2D eigenvalue weighted by Gasteiger charge is 2.39. The molecule has 1 aromatic rings. The number of nitrogens with zero attached hydrogens (tertiary/aromatic N) is 3. The van der Waals surface area contributed by atoms with E-state index in [0.717, 1.165) is 32.7 Å². The van der Waals surface area contributed by atoms with Crippen LogP contribution in [0.15, 0.2) is 4.52 Å². The maximum atomic E-state index is 11.9. The van der Waals surface area contributed by atoms with Crippen LogP contribution in [0.25, 0.3) is 0 Å². The minimum absolute atomic E-state index is 0.0102. The highest BCUT2D eigenvalue weighted by Crippen LogP contribution is 2.28. The maximum Gasteiger partial charge on any atom is 0.232 e. The largest absolute Gasteiger partial charge is 0.381 e. The van der Waals surface area contributed by atoms with Crippen molar-refractivity contribution in [3.8, 4) is 0 Å². The molecule has 0 unspecified atom stereocenters. The van der Waals surface area contributed by atoms with Gasteiger partial charge in [-0.25, -0.2) is 12.7 Å². The Bertz CT molecular complexity index is 636. The lowest BCUT2D eigenvalue weighted by molar-refractivity contribution is 0.0211. The topological polar surface area (TPSA) is 94.8 Å². The molecule has 0 amide bonds. The van der Waals surface area contributed by atoms with Gasteiger partial charge in [-0.15, -0.1) is 0 Å².